The molecular formula is C9HF17O5S. The fourth-order valence-corrected chi connectivity index (χ4v) is 1.72. The van der Waals surface area contributed by atoms with E-state index in [1.165, 1.54) is 4.74 Å². The molecule has 23 heteroatoms. The predicted molar refractivity (Wildman–Crippen MR) is 58.7 cm³/mol. The Morgan fingerprint density at radius 3 is 1.31 bits per heavy atom. The van der Waals surface area contributed by atoms with E-state index in [2.05, 4.69) is 0 Å². The fraction of sp³-hybridized carbons (Fsp3) is 0.778. The summed E-state index contributed by atoms with van der Waals surface area (Å²) in [5, 5.41) is -7.71. The minimum absolute atomic E-state index is 1.22. The molecule has 0 aliphatic carbocycles. The van der Waals surface area contributed by atoms with E-state index >= 15 is 0 Å². The molecular weight excluding hydrogens is 543 g/mol. The number of halogens is 17. The lowest BCUT2D eigenvalue weighted by Gasteiger charge is -2.39. The van der Waals surface area contributed by atoms with Gasteiger partial charge in [0.25, 0.3) is 0 Å². The lowest BCUT2D eigenvalue weighted by molar-refractivity contribution is -0.529. The van der Waals surface area contributed by atoms with Gasteiger partial charge in [-0.05, 0) is 0 Å². The normalized spacial score (nSPS) is 17.1. The van der Waals surface area contributed by atoms with E-state index in [-0.39, 0.29) is 0 Å². The zero-order valence-corrected chi connectivity index (χ0v) is 14.2. The Balaban J connectivity index is 6.77. The maximum absolute atomic E-state index is 13.6. The van der Waals surface area contributed by atoms with Crippen LogP contribution in [0.1, 0.15) is 0 Å². The zero-order valence-electron chi connectivity index (χ0n) is 13.4. The van der Waals surface area contributed by atoms with Gasteiger partial charge in [-0.15, -0.1) is 0 Å². The van der Waals surface area contributed by atoms with E-state index in [1.807, 2.05) is 0 Å². The Bertz CT molecular complexity index is 841. The molecule has 0 saturated carbocycles. The molecule has 0 radical (unpaired) electrons. The van der Waals surface area contributed by atoms with Crippen LogP contribution in [-0.2, 0) is 19.6 Å². The molecule has 0 aromatic rings. The van der Waals surface area contributed by atoms with Crippen LogP contribution in [0.5, 0.6) is 0 Å². The summed E-state index contributed by atoms with van der Waals surface area (Å²) in [6, 6.07) is -4.16. The van der Waals surface area contributed by atoms with Crippen LogP contribution in [0.15, 0.2) is 12.1 Å². The zero-order chi connectivity index (χ0) is 26.6. The fourth-order valence-electron chi connectivity index (χ4n) is 1.27. The van der Waals surface area contributed by atoms with Gasteiger partial charge in [0.15, 0.2) is 0 Å². The summed E-state index contributed by atoms with van der Waals surface area (Å²) >= 11 is 0. The first kappa shape index (κ1) is 30.2. The van der Waals surface area contributed by atoms with Crippen LogP contribution >= 0.6 is 0 Å². The van der Waals surface area contributed by atoms with Crippen molar-refractivity contribution in [2.24, 2.45) is 0 Å². The van der Waals surface area contributed by atoms with Gasteiger partial charge in [-0.1, -0.05) is 0 Å². The average molecular weight is 544 g/mol. The summed E-state index contributed by atoms with van der Waals surface area (Å²) < 4.78 is 248. The Morgan fingerprint density at radius 2 is 1.03 bits per heavy atom. The molecule has 0 amide bonds. The van der Waals surface area contributed by atoms with Gasteiger partial charge in [0.05, 0.1) is 0 Å². The first-order valence-electron chi connectivity index (χ1n) is 6.25. The van der Waals surface area contributed by atoms with Crippen LogP contribution in [0, 0.1) is 0 Å². The molecule has 192 valence electrons. The second kappa shape index (κ2) is 7.92. The van der Waals surface area contributed by atoms with Gasteiger partial charge >= 0.3 is 63.6 Å². The third-order valence-corrected chi connectivity index (χ3v) is 3.73. The van der Waals surface area contributed by atoms with Gasteiger partial charge in [-0.25, -0.2) is 0 Å². The van der Waals surface area contributed by atoms with Crippen LogP contribution in [0.25, 0.3) is 0 Å². The van der Waals surface area contributed by atoms with Crippen molar-refractivity contribution in [1.29, 1.82) is 0 Å². The Hall–Kier alpha value is -1.78. The van der Waals surface area contributed by atoms with Crippen LogP contribution in [0.3, 0.4) is 0 Å². The van der Waals surface area contributed by atoms with Crippen molar-refractivity contribution in [3.63, 3.8) is 0 Å². The number of alkyl halides is 14. The van der Waals surface area contributed by atoms with Crippen LogP contribution < -0.4 is 0 Å². The molecule has 1 atom stereocenters. The SMILES string of the molecule is O=S(=O)(O)C(F)(F)C(F)(F)C(F)(F)C(F)(F)OC(F)(C(F)(F)F)C(F)(F)OC(F)=C(F)F. The standard InChI is InChI=1S/C9HF17O5S/c10-1(11)2(12)30-8(23,24)5(17,6(18,19)20)31-7(21,22)3(13,14)4(15,16)9(25,26)32(27,28)29/h(H,27,28,29). The number of rotatable bonds is 9. The molecule has 0 fully saturated rings. The van der Waals surface area contributed by atoms with E-state index in [1.54, 1.807) is 4.74 Å². The van der Waals surface area contributed by atoms with Crippen molar-refractivity contribution in [2.45, 2.75) is 41.3 Å². The van der Waals surface area contributed by atoms with Gasteiger partial charge in [-0.2, -0.15) is 83.1 Å². The first-order valence-corrected chi connectivity index (χ1v) is 7.69. The molecule has 0 aromatic heterocycles. The van der Waals surface area contributed by atoms with Gasteiger partial charge in [0.2, 0.25) is 0 Å². The molecule has 0 saturated heterocycles. The number of hydrogen-bond donors (Lipinski definition) is 1. The maximum Gasteiger partial charge on any atom is 0.471 e. The summed E-state index contributed by atoms with van der Waals surface area (Å²) in [6.45, 7) is 0. The Labute approximate surface area is 162 Å². The highest BCUT2D eigenvalue weighted by atomic mass is 32.2. The van der Waals surface area contributed by atoms with Crippen LogP contribution in [0.4, 0.5) is 74.6 Å². The average Bonchev–Trinajstić information content (AvgIpc) is 2.50. The van der Waals surface area contributed by atoms with E-state index in [0.717, 1.165) is 0 Å². The topological polar surface area (TPSA) is 72.8 Å². The van der Waals surface area contributed by atoms with Crippen molar-refractivity contribution in [2.75, 3.05) is 0 Å². The Morgan fingerprint density at radius 1 is 0.656 bits per heavy atom. The van der Waals surface area contributed by atoms with Crippen molar-refractivity contribution in [1.82, 2.24) is 0 Å². The van der Waals surface area contributed by atoms with Gasteiger partial charge in [-0.3, -0.25) is 9.29 Å². The third-order valence-electron chi connectivity index (χ3n) is 2.82. The lowest BCUT2D eigenvalue weighted by Crippen LogP contribution is -2.69. The van der Waals surface area contributed by atoms with Crippen LogP contribution in [0.2, 0.25) is 0 Å². The summed E-state index contributed by atoms with van der Waals surface area (Å²) in [7, 11) is -7.81. The summed E-state index contributed by atoms with van der Waals surface area (Å²) in [5.74, 6) is -24.6. The van der Waals surface area contributed by atoms with Gasteiger partial charge < -0.3 is 4.74 Å². The largest absolute Gasteiger partial charge is 0.471 e. The van der Waals surface area contributed by atoms with E-state index in [0.29, 0.717) is 0 Å². The minimum Gasteiger partial charge on any atom is -0.398 e. The molecule has 0 bridgehead atoms. The highest BCUT2D eigenvalue weighted by Gasteiger charge is 2.89. The molecule has 5 nitrogen and oxygen atoms in total. The van der Waals surface area contributed by atoms with E-state index in [9.17, 15) is 83.1 Å². The lowest BCUT2D eigenvalue weighted by atomic mass is 10.1. The van der Waals surface area contributed by atoms with Crippen molar-refractivity contribution < 1.29 is 97.1 Å². The van der Waals surface area contributed by atoms with Crippen molar-refractivity contribution in [3.05, 3.63) is 12.1 Å². The molecule has 0 aromatic carbocycles. The number of ether oxygens (including phenoxy) is 2. The smallest absolute Gasteiger partial charge is 0.398 e. The highest BCUT2D eigenvalue weighted by molar-refractivity contribution is 7.87. The summed E-state index contributed by atoms with van der Waals surface area (Å²) in [6.07, 6.45) is -27.8. The van der Waals surface area contributed by atoms with Crippen molar-refractivity contribution in [3.8, 4) is 0 Å². The van der Waals surface area contributed by atoms with Gasteiger partial charge in [0, 0.05) is 0 Å². The minimum atomic E-state index is -8.41. The summed E-state index contributed by atoms with van der Waals surface area (Å²) in [5.41, 5.74) is 0. The highest BCUT2D eigenvalue weighted by Crippen LogP contribution is 2.58. The summed E-state index contributed by atoms with van der Waals surface area (Å²) in [4.78, 5) is 0. The first-order chi connectivity index (χ1) is 13.5. The molecule has 0 aliphatic heterocycles. The van der Waals surface area contributed by atoms with E-state index in [4.69, 9.17) is 4.55 Å². The molecule has 0 aliphatic rings. The molecule has 1 N–H and O–H groups in total. The second-order valence-electron chi connectivity index (χ2n) is 5.01. The van der Waals surface area contributed by atoms with Crippen LogP contribution in [-0.4, -0.2) is 54.3 Å². The monoisotopic (exact) mass is 544 g/mol. The number of hydrogen-bond acceptors (Lipinski definition) is 4. The van der Waals surface area contributed by atoms with E-state index < -0.39 is 63.6 Å². The predicted octanol–water partition coefficient (Wildman–Crippen LogP) is 5.22. The quantitative estimate of drug-likeness (QED) is 0.245. The van der Waals surface area contributed by atoms with Gasteiger partial charge in [0.1, 0.15) is 0 Å². The molecule has 1 unspecified atom stereocenters. The maximum atomic E-state index is 13.6. The molecule has 0 heterocycles. The second-order valence-corrected chi connectivity index (χ2v) is 6.47. The molecule has 32 heavy (non-hydrogen) atoms. The molecule has 0 rings (SSSR count). The Kier molecular flexibility index (Phi) is 7.48. The molecule has 0 spiro atoms. The third kappa shape index (κ3) is 4.63. The van der Waals surface area contributed by atoms with Crippen molar-refractivity contribution >= 4 is 10.1 Å².